The molecule has 5 nitrogen and oxygen atoms in total. The van der Waals surface area contributed by atoms with Crippen LogP contribution in [0.3, 0.4) is 0 Å². The lowest BCUT2D eigenvalue weighted by Gasteiger charge is -2.31. The smallest absolute Gasteiger partial charge is 0.333 e. The molecule has 0 aliphatic carbocycles. The van der Waals surface area contributed by atoms with Gasteiger partial charge < -0.3 is 9.64 Å². The lowest BCUT2D eigenvalue weighted by molar-refractivity contribution is -0.157. The van der Waals surface area contributed by atoms with E-state index < -0.39 is 12.0 Å². The first kappa shape index (κ1) is 27.3. The molecular formula is C34H32N2O3. The van der Waals surface area contributed by atoms with Crippen molar-refractivity contribution in [2.24, 2.45) is 0 Å². The number of ether oxygens (including phenoxy) is 1. The molecule has 196 valence electrons. The van der Waals surface area contributed by atoms with Crippen molar-refractivity contribution in [2.45, 2.75) is 45.4 Å². The van der Waals surface area contributed by atoms with Gasteiger partial charge in [0, 0.05) is 13.0 Å². The third kappa shape index (κ3) is 7.21. The van der Waals surface area contributed by atoms with Crippen molar-refractivity contribution in [3.63, 3.8) is 0 Å². The van der Waals surface area contributed by atoms with Gasteiger partial charge in [0.05, 0.1) is 11.6 Å². The molecule has 0 heterocycles. The van der Waals surface area contributed by atoms with E-state index in [4.69, 9.17) is 4.74 Å². The predicted octanol–water partition coefficient (Wildman–Crippen LogP) is 7.23. The maximum absolute atomic E-state index is 13.6. The number of unbranched alkanes of at least 4 members (excludes halogenated alkanes) is 1. The molecule has 4 rings (SSSR count). The van der Waals surface area contributed by atoms with Crippen LogP contribution < -0.4 is 0 Å². The summed E-state index contributed by atoms with van der Waals surface area (Å²) in [6.07, 6.45) is 1.96. The van der Waals surface area contributed by atoms with E-state index in [1.54, 1.807) is 11.0 Å². The Labute approximate surface area is 230 Å². The van der Waals surface area contributed by atoms with Gasteiger partial charge in [-0.2, -0.15) is 5.26 Å². The van der Waals surface area contributed by atoms with Crippen LogP contribution >= 0.6 is 0 Å². The van der Waals surface area contributed by atoms with Gasteiger partial charge in [-0.25, -0.2) is 4.79 Å². The number of esters is 1. The highest BCUT2D eigenvalue weighted by molar-refractivity contribution is 5.85. The van der Waals surface area contributed by atoms with E-state index in [0.29, 0.717) is 17.5 Å². The van der Waals surface area contributed by atoms with Gasteiger partial charge in [0.15, 0.2) is 6.04 Å². The van der Waals surface area contributed by atoms with E-state index in [1.807, 2.05) is 110 Å². The third-order valence-electron chi connectivity index (χ3n) is 6.60. The van der Waals surface area contributed by atoms with Gasteiger partial charge >= 0.3 is 5.97 Å². The average molecular weight is 517 g/mol. The molecule has 0 spiro atoms. The van der Waals surface area contributed by atoms with Crippen molar-refractivity contribution in [3.8, 4) is 17.2 Å². The van der Waals surface area contributed by atoms with Crippen molar-refractivity contribution >= 4 is 11.9 Å². The Balaban J connectivity index is 1.64. The van der Waals surface area contributed by atoms with E-state index in [0.717, 1.165) is 35.1 Å². The highest BCUT2D eigenvalue weighted by Crippen LogP contribution is 2.28. The molecule has 39 heavy (non-hydrogen) atoms. The number of nitrogens with zero attached hydrogens (tertiary/aromatic N) is 2. The molecule has 0 fully saturated rings. The van der Waals surface area contributed by atoms with Crippen LogP contribution in [0.15, 0.2) is 109 Å². The van der Waals surface area contributed by atoms with Crippen LogP contribution in [-0.4, -0.2) is 16.8 Å². The number of benzene rings is 4. The number of carbonyl (C=O) groups excluding carboxylic acids is 2. The van der Waals surface area contributed by atoms with E-state index >= 15 is 0 Å². The van der Waals surface area contributed by atoms with Crippen molar-refractivity contribution < 1.29 is 14.3 Å². The lowest BCUT2D eigenvalue weighted by atomic mass is 9.98. The van der Waals surface area contributed by atoms with Crippen molar-refractivity contribution in [1.82, 2.24) is 4.90 Å². The van der Waals surface area contributed by atoms with E-state index in [-0.39, 0.29) is 19.1 Å². The van der Waals surface area contributed by atoms with Crippen molar-refractivity contribution in [1.29, 1.82) is 5.26 Å². The zero-order valence-electron chi connectivity index (χ0n) is 22.1. The van der Waals surface area contributed by atoms with Crippen molar-refractivity contribution in [2.75, 3.05) is 0 Å². The Morgan fingerprint density at radius 3 is 2.13 bits per heavy atom. The fourth-order valence-electron chi connectivity index (χ4n) is 4.50. The summed E-state index contributed by atoms with van der Waals surface area (Å²) < 4.78 is 5.76. The minimum absolute atomic E-state index is 0.0960. The SMILES string of the molecule is CCCCC(=O)N(Cc1ccc(-c2ccccc2C#N)cc1)C(C(=O)OCc1ccccc1)c1ccccc1. The summed E-state index contributed by atoms with van der Waals surface area (Å²) in [4.78, 5) is 28.8. The molecule has 1 amide bonds. The molecule has 4 aromatic rings. The summed E-state index contributed by atoms with van der Waals surface area (Å²) in [5, 5.41) is 9.49. The zero-order chi connectivity index (χ0) is 27.5. The van der Waals surface area contributed by atoms with Gasteiger partial charge in [0.1, 0.15) is 6.61 Å². The van der Waals surface area contributed by atoms with Crippen LogP contribution in [0.1, 0.15) is 54.5 Å². The van der Waals surface area contributed by atoms with Crippen LogP contribution in [0, 0.1) is 11.3 Å². The molecule has 0 aliphatic heterocycles. The summed E-state index contributed by atoms with van der Waals surface area (Å²) in [6, 6.07) is 35.5. The van der Waals surface area contributed by atoms with Gasteiger partial charge in [-0.05, 0) is 40.3 Å². The molecular weight excluding hydrogens is 484 g/mol. The number of carbonyl (C=O) groups is 2. The van der Waals surface area contributed by atoms with Gasteiger partial charge in [0.2, 0.25) is 5.91 Å². The topological polar surface area (TPSA) is 70.4 Å². The minimum atomic E-state index is -0.877. The number of rotatable bonds is 11. The normalized spacial score (nSPS) is 11.3. The first-order valence-electron chi connectivity index (χ1n) is 13.2. The Morgan fingerprint density at radius 1 is 0.821 bits per heavy atom. The Bertz CT molecular complexity index is 1410. The first-order chi connectivity index (χ1) is 19.1. The summed E-state index contributed by atoms with van der Waals surface area (Å²) in [5.74, 6) is -0.560. The molecule has 0 saturated heterocycles. The summed E-state index contributed by atoms with van der Waals surface area (Å²) in [6.45, 7) is 2.42. The monoisotopic (exact) mass is 516 g/mol. The number of nitriles is 1. The van der Waals surface area contributed by atoms with Crippen LogP contribution in [0.5, 0.6) is 0 Å². The predicted molar refractivity (Wildman–Crippen MR) is 152 cm³/mol. The zero-order valence-corrected chi connectivity index (χ0v) is 22.1. The number of hydrogen-bond donors (Lipinski definition) is 0. The van der Waals surface area contributed by atoms with Crippen molar-refractivity contribution in [3.05, 3.63) is 131 Å². The molecule has 0 N–H and O–H groups in total. The molecule has 0 radical (unpaired) electrons. The van der Waals surface area contributed by atoms with E-state index in [9.17, 15) is 14.9 Å². The second kappa shape index (κ2) is 13.7. The van der Waals surface area contributed by atoms with E-state index in [1.165, 1.54) is 0 Å². The van der Waals surface area contributed by atoms with E-state index in [2.05, 4.69) is 6.07 Å². The molecule has 0 aliphatic rings. The molecule has 5 heteroatoms. The second-order valence-corrected chi connectivity index (χ2v) is 9.39. The molecule has 1 atom stereocenters. The standard InChI is InChI=1S/C34H32N2O3/c1-2-3-18-32(37)36(24-26-19-21-28(22-20-26)31-17-11-10-16-30(31)23-35)33(29-14-8-5-9-15-29)34(38)39-25-27-12-6-4-7-13-27/h4-17,19-22,33H,2-3,18,24-25H2,1H3. The Kier molecular flexibility index (Phi) is 9.63. The summed E-state index contributed by atoms with van der Waals surface area (Å²) in [7, 11) is 0. The fraction of sp³-hybridized carbons (Fsp3) is 0.206. The summed E-state index contributed by atoms with van der Waals surface area (Å²) in [5.41, 5.74) is 4.85. The van der Waals surface area contributed by atoms with Gasteiger partial charge in [-0.15, -0.1) is 0 Å². The number of hydrogen-bond acceptors (Lipinski definition) is 4. The molecule has 0 aromatic heterocycles. The van der Waals surface area contributed by atoms with Crippen LogP contribution in [-0.2, 0) is 27.5 Å². The van der Waals surface area contributed by atoms with Gasteiger partial charge in [-0.3, -0.25) is 4.79 Å². The van der Waals surface area contributed by atoms with Crippen LogP contribution in [0.2, 0.25) is 0 Å². The lowest BCUT2D eigenvalue weighted by Crippen LogP contribution is -2.39. The summed E-state index contributed by atoms with van der Waals surface area (Å²) >= 11 is 0. The molecule has 1 unspecified atom stereocenters. The Morgan fingerprint density at radius 2 is 1.46 bits per heavy atom. The molecule has 4 aromatic carbocycles. The van der Waals surface area contributed by atoms with Gasteiger partial charge in [-0.1, -0.05) is 116 Å². The van der Waals surface area contributed by atoms with Crippen LogP contribution in [0.25, 0.3) is 11.1 Å². The largest absolute Gasteiger partial charge is 0.459 e. The fourth-order valence-corrected chi connectivity index (χ4v) is 4.50. The molecule has 0 bridgehead atoms. The Hall–Kier alpha value is -4.69. The molecule has 0 saturated carbocycles. The highest BCUT2D eigenvalue weighted by Gasteiger charge is 2.32. The minimum Gasteiger partial charge on any atom is -0.459 e. The quantitative estimate of drug-likeness (QED) is 0.197. The maximum atomic E-state index is 13.6. The van der Waals surface area contributed by atoms with Gasteiger partial charge in [0.25, 0.3) is 0 Å². The second-order valence-electron chi connectivity index (χ2n) is 9.39. The third-order valence-corrected chi connectivity index (χ3v) is 6.60. The highest BCUT2D eigenvalue weighted by atomic mass is 16.5. The average Bonchev–Trinajstić information content (AvgIpc) is 3.00. The van der Waals surface area contributed by atoms with Crippen LogP contribution in [0.4, 0.5) is 0 Å². The first-order valence-corrected chi connectivity index (χ1v) is 13.2. The maximum Gasteiger partial charge on any atom is 0.333 e. The number of amides is 1.